The van der Waals surface area contributed by atoms with Gasteiger partial charge in [-0.15, -0.1) is 0 Å². The lowest BCUT2D eigenvalue weighted by Crippen LogP contribution is -2.50. The van der Waals surface area contributed by atoms with Crippen LogP contribution >= 0.6 is 0 Å². The number of piperazine rings is 1. The average Bonchev–Trinajstić information content (AvgIpc) is 2.88. The first-order chi connectivity index (χ1) is 10.8. The van der Waals surface area contributed by atoms with Crippen molar-refractivity contribution in [2.24, 2.45) is 5.92 Å². The molecule has 0 aromatic heterocycles. The molecular formula is C18H35N3O2. The largest absolute Gasteiger partial charge is 0.444 e. The van der Waals surface area contributed by atoms with Gasteiger partial charge in [0.1, 0.15) is 5.60 Å². The fourth-order valence-corrected chi connectivity index (χ4v) is 3.52. The van der Waals surface area contributed by atoms with Crippen molar-refractivity contribution in [3.05, 3.63) is 0 Å². The quantitative estimate of drug-likeness (QED) is 0.790. The minimum absolute atomic E-state index is 0.172. The summed E-state index contributed by atoms with van der Waals surface area (Å²) in [5.41, 5.74) is -0.405. The van der Waals surface area contributed by atoms with Crippen molar-refractivity contribution in [2.45, 2.75) is 65.0 Å². The molecule has 1 saturated heterocycles. The molecule has 1 heterocycles. The van der Waals surface area contributed by atoms with E-state index in [2.05, 4.69) is 17.1 Å². The van der Waals surface area contributed by atoms with Crippen molar-refractivity contribution in [2.75, 3.05) is 39.3 Å². The first-order valence-electron chi connectivity index (χ1n) is 9.29. The molecule has 0 bridgehead atoms. The number of nitrogens with zero attached hydrogens (tertiary/aromatic N) is 2. The van der Waals surface area contributed by atoms with Crippen molar-refractivity contribution in [1.82, 2.24) is 15.1 Å². The number of hydrogen-bond acceptors (Lipinski definition) is 4. The summed E-state index contributed by atoms with van der Waals surface area (Å²) in [7, 11) is 0. The van der Waals surface area contributed by atoms with Crippen LogP contribution in [-0.2, 0) is 4.74 Å². The molecule has 23 heavy (non-hydrogen) atoms. The predicted molar refractivity (Wildman–Crippen MR) is 93.7 cm³/mol. The maximum absolute atomic E-state index is 12.0. The van der Waals surface area contributed by atoms with Gasteiger partial charge < -0.3 is 15.0 Å². The Morgan fingerprint density at radius 2 is 1.87 bits per heavy atom. The van der Waals surface area contributed by atoms with Gasteiger partial charge in [0, 0.05) is 32.2 Å². The molecule has 5 heteroatoms. The van der Waals surface area contributed by atoms with E-state index in [1.807, 2.05) is 25.7 Å². The Hall–Kier alpha value is -0.810. The third-order valence-corrected chi connectivity index (χ3v) is 4.94. The summed E-state index contributed by atoms with van der Waals surface area (Å²) >= 11 is 0. The number of carbonyl (C=O) groups excluding carboxylic acids is 1. The van der Waals surface area contributed by atoms with Crippen LogP contribution in [0.15, 0.2) is 0 Å². The van der Waals surface area contributed by atoms with Gasteiger partial charge in [0.15, 0.2) is 0 Å². The number of nitrogens with one attached hydrogen (secondary N) is 1. The summed E-state index contributed by atoms with van der Waals surface area (Å²) in [6, 6.07) is 0.735. The second-order valence-corrected chi connectivity index (χ2v) is 8.13. The van der Waals surface area contributed by atoms with E-state index in [1.54, 1.807) is 0 Å². The molecule has 1 amide bonds. The molecule has 2 rings (SSSR count). The highest BCUT2D eigenvalue weighted by atomic mass is 16.6. The lowest BCUT2D eigenvalue weighted by molar-refractivity contribution is 0.0144. The van der Waals surface area contributed by atoms with Crippen LogP contribution < -0.4 is 5.32 Å². The van der Waals surface area contributed by atoms with Gasteiger partial charge in [0.05, 0.1) is 0 Å². The van der Waals surface area contributed by atoms with Gasteiger partial charge in [0.25, 0.3) is 0 Å². The number of ether oxygens (including phenoxy) is 1. The van der Waals surface area contributed by atoms with Crippen LogP contribution in [0.2, 0.25) is 0 Å². The Bertz CT molecular complexity index is 373. The third-order valence-electron chi connectivity index (χ3n) is 4.94. The molecule has 1 saturated carbocycles. The van der Waals surface area contributed by atoms with E-state index < -0.39 is 5.60 Å². The van der Waals surface area contributed by atoms with Crippen molar-refractivity contribution in [1.29, 1.82) is 0 Å². The maximum Gasteiger partial charge on any atom is 0.410 e. The molecule has 0 spiro atoms. The van der Waals surface area contributed by atoms with Crippen LogP contribution in [-0.4, -0.2) is 66.8 Å². The number of hydrogen-bond donors (Lipinski definition) is 1. The van der Waals surface area contributed by atoms with Crippen molar-refractivity contribution >= 4 is 6.09 Å². The molecule has 0 aromatic rings. The van der Waals surface area contributed by atoms with Gasteiger partial charge in [-0.05, 0) is 59.0 Å². The van der Waals surface area contributed by atoms with Gasteiger partial charge in [0.2, 0.25) is 0 Å². The summed E-state index contributed by atoms with van der Waals surface area (Å²) in [6.07, 6.45) is 5.12. The summed E-state index contributed by atoms with van der Waals surface area (Å²) in [6.45, 7) is 13.8. The molecule has 2 aliphatic rings. The second kappa shape index (κ2) is 8.34. The Morgan fingerprint density at radius 1 is 1.17 bits per heavy atom. The monoisotopic (exact) mass is 325 g/mol. The van der Waals surface area contributed by atoms with Gasteiger partial charge in [-0.1, -0.05) is 13.3 Å². The van der Waals surface area contributed by atoms with Gasteiger partial charge >= 0.3 is 6.09 Å². The topological polar surface area (TPSA) is 44.8 Å². The molecule has 2 unspecified atom stereocenters. The molecule has 2 atom stereocenters. The van der Waals surface area contributed by atoms with Crippen LogP contribution in [0.4, 0.5) is 4.79 Å². The Morgan fingerprint density at radius 3 is 2.43 bits per heavy atom. The Labute approximate surface area is 141 Å². The SMILES string of the molecule is CC1CCCC1NCCCN1CCN(C(=O)OC(C)(C)C)CC1. The van der Waals surface area contributed by atoms with Crippen LogP contribution in [0.5, 0.6) is 0 Å². The van der Waals surface area contributed by atoms with E-state index in [1.165, 1.54) is 25.7 Å². The second-order valence-electron chi connectivity index (χ2n) is 8.13. The Kier molecular flexibility index (Phi) is 6.72. The van der Waals surface area contributed by atoms with E-state index in [4.69, 9.17) is 4.74 Å². The van der Waals surface area contributed by atoms with Crippen LogP contribution in [0.25, 0.3) is 0 Å². The number of carbonyl (C=O) groups is 1. The van der Waals surface area contributed by atoms with E-state index in [0.717, 1.165) is 51.2 Å². The molecule has 0 aromatic carbocycles. The van der Waals surface area contributed by atoms with Gasteiger partial charge in [-0.3, -0.25) is 4.90 Å². The average molecular weight is 325 g/mol. The molecule has 1 aliphatic heterocycles. The summed E-state index contributed by atoms with van der Waals surface area (Å²) < 4.78 is 5.44. The minimum Gasteiger partial charge on any atom is -0.444 e. The lowest BCUT2D eigenvalue weighted by Gasteiger charge is -2.35. The molecular weight excluding hydrogens is 290 g/mol. The molecule has 2 fully saturated rings. The van der Waals surface area contributed by atoms with E-state index in [-0.39, 0.29) is 6.09 Å². The number of rotatable bonds is 5. The van der Waals surface area contributed by atoms with Crippen LogP contribution in [0, 0.1) is 5.92 Å². The number of amides is 1. The van der Waals surface area contributed by atoms with Gasteiger partial charge in [-0.25, -0.2) is 4.79 Å². The van der Waals surface area contributed by atoms with Gasteiger partial charge in [-0.2, -0.15) is 0 Å². The van der Waals surface area contributed by atoms with E-state index >= 15 is 0 Å². The zero-order valence-electron chi connectivity index (χ0n) is 15.4. The highest BCUT2D eigenvalue weighted by Crippen LogP contribution is 2.24. The first kappa shape index (κ1) is 18.5. The zero-order valence-corrected chi connectivity index (χ0v) is 15.4. The summed E-state index contributed by atoms with van der Waals surface area (Å²) in [5.74, 6) is 0.840. The minimum atomic E-state index is -0.405. The van der Waals surface area contributed by atoms with Crippen LogP contribution in [0.3, 0.4) is 0 Å². The first-order valence-corrected chi connectivity index (χ1v) is 9.29. The third kappa shape index (κ3) is 6.30. The fourth-order valence-electron chi connectivity index (χ4n) is 3.52. The Balaban J connectivity index is 1.57. The molecule has 1 N–H and O–H groups in total. The predicted octanol–water partition coefficient (Wildman–Crippen LogP) is 2.71. The highest BCUT2D eigenvalue weighted by molar-refractivity contribution is 5.68. The normalized spacial score (nSPS) is 26.5. The van der Waals surface area contributed by atoms with E-state index in [0.29, 0.717) is 0 Å². The smallest absolute Gasteiger partial charge is 0.410 e. The molecule has 1 aliphatic carbocycles. The molecule has 134 valence electrons. The standard InChI is InChI=1S/C18H35N3O2/c1-15-7-5-8-16(15)19-9-6-10-20-11-13-21(14-12-20)17(22)23-18(2,3)4/h15-16,19H,5-14H2,1-4H3. The van der Waals surface area contributed by atoms with E-state index in [9.17, 15) is 4.79 Å². The zero-order chi connectivity index (χ0) is 16.9. The lowest BCUT2D eigenvalue weighted by atomic mass is 10.1. The highest BCUT2D eigenvalue weighted by Gasteiger charge is 2.26. The molecule has 5 nitrogen and oxygen atoms in total. The van der Waals surface area contributed by atoms with Crippen molar-refractivity contribution in [3.8, 4) is 0 Å². The maximum atomic E-state index is 12.0. The van der Waals surface area contributed by atoms with Crippen LogP contribution in [0.1, 0.15) is 53.4 Å². The fraction of sp³-hybridized carbons (Fsp3) is 0.944. The summed E-state index contributed by atoms with van der Waals surface area (Å²) in [4.78, 5) is 16.3. The van der Waals surface area contributed by atoms with Crippen molar-refractivity contribution in [3.63, 3.8) is 0 Å². The van der Waals surface area contributed by atoms with Crippen molar-refractivity contribution < 1.29 is 9.53 Å². The summed E-state index contributed by atoms with van der Waals surface area (Å²) in [5, 5.41) is 3.71. The molecule has 0 radical (unpaired) electrons.